The first kappa shape index (κ1) is 18.9. The van der Waals surface area contributed by atoms with Gasteiger partial charge in [0.15, 0.2) is 5.11 Å². The first-order valence-corrected chi connectivity index (χ1v) is 10.2. The van der Waals surface area contributed by atoms with E-state index in [9.17, 15) is 4.79 Å². The van der Waals surface area contributed by atoms with Crippen LogP contribution in [0.5, 0.6) is 0 Å². The first-order valence-electron chi connectivity index (χ1n) is 8.99. The summed E-state index contributed by atoms with van der Waals surface area (Å²) in [5, 5.41) is 7.76. The molecule has 3 rings (SSSR count). The molecule has 0 bridgehead atoms. The van der Waals surface area contributed by atoms with Crippen LogP contribution in [0.15, 0.2) is 30.3 Å². The van der Waals surface area contributed by atoms with E-state index >= 15 is 0 Å². The lowest BCUT2D eigenvalue weighted by atomic mass is 9.88. The zero-order valence-corrected chi connectivity index (χ0v) is 16.8. The molecule has 0 saturated heterocycles. The number of fused-ring (bicyclic) bond motifs is 1. The Morgan fingerprint density at radius 1 is 1.35 bits per heavy atom. The van der Waals surface area contributed by atoms with Gasteiger partial charge in [-0.2, -0.15) is 0 Å². The average molecular weight is 389 g/mol. The summed E-state index contributed by atoms with van der Waals surface area (Å²) in [5.41, 5.74) is 2.96. The van der Waals surface area contributed by atoms with Crippen LogP contribution in [-0.2, 0) is 24.1 Å². The summed E-state index contributed by atoms with van der Waals surface area (Å²) >= 11 is 7.07. The second-order valence-corrected chi connectivity index (χ2v) is 8.08. The Balaban J connectivity index is 1.76. The summed E-state index contributed by atoms with van der Waals surface area (Å²) in [4.78, 5) is 13.8. The minimum atomic E-state index is -0.257. The third-order valence-corrected chi connectivity index (χ3v) is 5.96. The van der Waals surface area contributed by atoms with Crippen LogP contribution in [0.25, 0.3) is 0 Å². The third-order valence-electron chi connectivity index (χ3n) is 4.51. The topological polar surface area (TPSA) is 50.4 Å². The molecule has 1 aromatic heterocycles. The predicted octanol–water partition coefficient (Wildman–Crippen LogP) is 4.54. The Hall–Kier alpha value is -1.92. The van der Waals surface area contributed by atoms with E-state index in [1.807, 2.05) is 37.3 Å². The van der Waals surface area contributed by atoms with Gasteiger partial charge in [-0.05, 0) is 55.4 Å². The molecule has 0 spiro atoms. The normalized spacial score (nSPS) is 15.8. The number of aryl methyl sites for hydroxylation is 1. The van der Waals surface area contributed by atoms with E-state index < -0.39 is 0 Å². The van der Waals surface area contributed by atoms with Gasteiger partial charge in [0.2, 0.25) is 0 Å². The fourth-order valence-electron chi connectivity index (χ4n) is 3.19. The maximum Gasteiger partial charge on any atom is 0.341 e. The fourth-order valence-corrected chi connectivity index (χ4v) is 4.67. The molecule has 0 saturated carbocycles. The quantitative estimate of drug-likeness (QED) is 0.582. The number of nitrogens with one attached hydrogen (secondary N) is 2. The summed E-state index contributed by atoms with van der Waals surface area (Å²) < 4.78 is 5.30. The number of rotatable bonds is 5. The highest BCUT2D eigenvalue weighted by atomic mass is 32.1. The van der Waals surface area contributed by atoms with Crippen LogP contribution in [0.2, 0.25) is 0 Å². The van der Waals surface area contributed by atoms with Gasteiger partial charge in [0, 0.05) is 11.4 Å². The predicted molar refractivity (Wildman–Crippen MR) is 111 cm³/mol. The van der Waals surface area contributed by atoms with Crippen molar-refractivity contribution in [2.75, 3.05) is 11.9 Å². The Morgan fingerprint density at radius 2 is 2.12 bits per heavy atom. The van der Waals surface area contributed by atoms with E-state index in [-0.39, 0.29) is 5.97 Å². The molecule has 1 aliphatic carbocycles. The Kier molecular flexibility index (Phi) is 6.27. The van der Waals surface area contributed by atoms with E-state index in [2.05, 4.69) is 17.6 Å². The number of carbonyl (C=O) groups excluding carboxylic acids is 1. The van der Waals surface area contributed by atoms with Gasteiger partial charge < -0.3 is 15.4 Å². The molecule has 26 heavy (non-hydrogen) atoms. The van der Waals surface area contributed by atoms with Crippen molar-refractivity contribution < 1.29 is 9.53 Å². The van der Waals surface area contributed by atoms with Gasteiger partial charge in [0.1, 0.15) is 5.00 Å². The van der Waals surface area contributed by atoms with Crippen LogP contribution >= 0.6 is 23.6 Å². The van der Waals surface area contributed by atoms with E-state index in [4.69, 9.17) is 17.0 Å². The van der Waals surface area contributed by atoms with Crippen LogP contribution in [0.3, 0.4) is 0 Å². The summed E-state index contributed by atoms with van der Waals surface area (Å²) in [6.45, 7) is 5.08. The average Bonchev–Trinajstić information content (AvgIpc) is 2.98. The molecule has 0 radical (unpaired) electrons. The number of thiocarbonyl (C=S) groups is 1. The number of thiophene rings is 1. The number of anilines is 1. The second-order valence-electron chi connectivity index (χ2n) is 6.57. The highest BCUT2D eigenvalue weighted by molar-refractivity contribution is 7.80. The second kappa shape index (κ2) is 8.64. The van der Waals surface area contributed by atoms with Crippen LogP contribution < -0.4 is 10.6 Å². The van der Waals surface area contributed by atoms with Crippen molar-refractivity contribution in [3.8, 4) is 0 Å². The molecule has 0 unspecified atom stereocenters. The summed E-state index contributed by atoms with van der Waals surface area (Å²) in [5.74, 6) is 0.328. The van der Waals surface area contributed by atoms with Crippen LogP contribution in [0.4, 0.5) is 5.00 Å². The molecule has 6 heteroatoms. The monoisotopic (exact) mass is 388 g/mol. The minimum absolute atomic E-state index is 0.257. The standard InChI is InChI=1S/C20H24N2O2S2/c1-3-24-19(23)17-15-11-13(2)9-10-16(15)26-18(17)22-20(25)21-12-14-7-5-4-6-8-14/h4-8,13H,3,9-12H2,1-2H3,(H2,21,22,25)/t13-/m1/s1. The zero-order chi connectivity index (χ0) is 18.5. The first-order chi connectivity index (χ1) is 12.6. The van der Waals surface area contributed by atoms with Gasteiger partial charge in [0.25, 0.3) is 0 Å². The molecule has 1 aliphatic rings. The van der Waals surface area contributed by atoms with E-state index in [0.29, 0.717) is 29.7 Å². The van der Waals surface area contributed by atoms with Crippen LogP contribution in [0, 0.1) is 5.92 Å². The number of carbonyl (C=O) groups is 1. The van der Waals surface area contributed by atoms with Gasteiger partial charge in [-0.3, -0.25) is 0 Å². The van der Waals surface area contributed by atoms with Gasteiger partial charge in [0.05, 0.1) is 12.2 Å². The number of esters is 1. The zero-order valence-electron chi connectivity index (χ0n) is 15.1. The van der Waals surface area contributed by atoms with Gasteiger partial charge >= 0.3 is 5.97 Å². The Bertz CT molecular complexity index is 787. The SMILES string of the molecule is CCOC(=O)c1c(NC(=S)NCc2ccccc2)sc2c1C[C@H](C)CC2. The number of benzene rings is 1. The summed E-state index contributed by atoms with van der Waals surface area (Å²) in [6, 6.07) is 10.1. The molecule has 4 nitrogen and oxygen atoms in total. The molecular formula is C20H24N2O2S2. The lowest BCUT2D eigenvalue weighted by Crippen LogP contribution is -2.28. The van der Waals surface area contributed by atoms with Crippen LogP contribution in [-0.4, -0.2) is 17.7 Å². The molecule has 2 N–H and O–H groups in total. The Morgan fingerprint density at radius 3 is 2.85 bits per heavy atom. The molecule has 2 aromatic rings. The molecular weight excluding hydrogens is 364 g/mol. The van der Waals surface area contributed by atoms with Crippen molar-refractivity contribution in [3.63, 3.8) is 0 Å². The lowest BCUT2D eigenvalue weighted by Gasteiger charge is -2.18. The summed E-state index contributed by atoms with van der Waals surface area (Å²) in [7, 11) is 0. The maximum atomic E-state index is 12.5. The highest BCUT2D eigenvalue weighted by Crippen LogP contribution is 2.40. The van der Waals surface area contributed by atoms with Gasteiger partial charge in [-0.25, -0.2) is 4.79 Å². The number of ether oxygens (including phenoxy) is 1. The number of hydrogen-bond donors (Lipinski definition) is 2. The van der Waals surface area contributed by atoms with Crippen molar-refractivity contribution in [1.82, 2.24) is 5.32 Å². The van der Waals surface area contributed by atoms with Crippen molar-refractivity contribution in [1.29, 1.82) is 0 Å². The fraction of sp³-hybridized carbons (Fsp3) is 0.400. The van der Waals surface area contributed by atoms with E-state index in [0.717, 1.165) is 35.4 Å². The highest BCUT2D eigenvalue weighted by Gasteiger charge is 2.28. The molecule has 1 atom stereocenters. The number of hydrogen-bond acceptors (Lipinski definition) is 4. The molecule has 1 heterocycles. The molecule has 0 fully saturated rings. The van der Waals surface area contributed by atoms with Gasteiger partial charge in [-0.15, -0.1) is 11.3 Å². The van der Waals surface area contributed by atoms with Crippen molar-refractivity contribution >= 4 is 39.6 Å². The van der Waals surface area contributed by atoms with Crippen molar-refractivity contribution in [3.05, 3.63) is 51.9 Å². The third kappa shape index (κ3) is 4.43. The van der Waals surface area contributed by atoms with E-state index in [1.165, 1.54) is 4.88 Å². The van der Waals surface area contributed by atoms with Crippen molar-refractivity contribution in [2.45, 2.75) is 39.7 Å². The molecule has 0 amide bonds. The molecule has 138 valence electrons. The smallest absolute Gasteiger partial charge is 0.341 e. The maximum absolute atomic E-state index is 12.5. The molecule has 0 aliphatic heterocycles. The Labute approximate surface area is 164 Å². The molecule has 1 aromatic carbocycles. The van der Waals surface area contributed by atoms with Crippen LogP contribution in [0.1, 0.15) is 46.6 Å². The summed E-state index contributed by atoms with van der Waals surface area (Å²) in [6.07, 6.45) is 3.09. The van der Waals surface area contributed by atoms with Gasteiger partial charge in [-0.1, -0.05) is 37.3 Å². The van der Waals surface area contributed by atoms with Crippen molar-refractivity contribution in [2.24, 2.45) is 5.92 Å². The largest absolute Gasteiger partial charge is 0.462 e. The minimum Gasteiger partial charge on any atom is -0.462 e. The van der Waals surface area contributed by atoms with E-state index in [1.54, 1.807) is 11.3 Å². The lowest BCUT2D eigenvalue weighted by molar-refractivity contribution is 0.0526.